The van der Waals surface area contributed by atoms with Crippen LogP contribution in [0.3, 0.4) is 0 Å². The van der Waals surface area contributed by atoms with Crippen LogP contribution in [0, 0.1) is 25.7 Å². The number of hydrogen-bond donors (Lipinski definition) is 0. The molecule has 4 saturated carbocycles. The first kappa shape index (κ1) is 17.5. The monoisotopic (exact) mass is 472 g/mol. The van der Waals surface area contributed by atoms with E-state index in [-0.39, 0.29) is 0 Å². The second-order valence-electron chi connectivity index (χ2n) is 9.45. The number of rotatable bonds is 2. The molecule has 0 aliphatic heterocycles. The van der Waals surface area contributed by atoms with Crippen molar-refractivity contribution in [3.63, 3.8) is 0 Å². The van der Waals surface area contributed by atoms with Crippen LogP contribution in [0.5, 0.6) is 0 Å². The van der Waals surface area contributed by atoms with E-state index in [2.05, 4.69) is 82.1 Å². The summed E-state index contributed by atoms with van der Waals surface area (Å²) in [6, 6.07) is 14.3. The van der Waals surface area contributed by atoms with Crippen LogP contribution in [0.4, 0.5) is 0 Å². The maximum Gasteiger partial charge on any atom is 0.0204 e. The van der Waals surface area contributed by atoms with Gasteiger partial charge in [0.05, 0.1) is 0 Å². The van der Waals surface area contributed by atoms with Crippen LogP contribution >= 0.6 is 31.9 Å². The molecule has 0 aromatic heterocycles. The summed E-state index contributed by atoms with van der Waals surface area (Å²) >= 11 is 7.39. The molecule has 4 fully saturated rings. The van der Waals surface area contributed by atoms with Crippen LogP contribution in [0.15, 0.2) is 45.3 Å². The van der Waals surface area contributed by atoms with Crippen LogP contribution in [-0.4, -0.2) is 0 Å². The Balaban J connectivity index is 1.61. The van der Waals surface area contributed by atoms with Gasteiger partial charge in [0.2, 0.25) is 0 Å². The van der Waals surface area contributed by atoms with E-state index >= 15 is 0 Å². The molecule has 0 unspecified atom stereocenters. The van der Waals surface area contributed by atoms with Crippen molar-refractivity contribution in [3.05, 3.63) is 67.6 Å². The van der Waals surface area contributed by atoms with Crippen molar-refractivity contribution >= 4 is 31.9 Å². The lowest BCUT2D eigenvalue weighted by molar-refractivity contribution is -0.0281. The predicted molar refractivity (Wildman–Crippen MR) is 116 cm³/mol. The Kier molecular flexibility index (Phi) is 4.00. The molecule has 0 saturated heterocycles. The first-order valence-electron chi connectivity index (χ1n) is 9.92. The molecule has 136 valence electrons. The Morgan fingerprint density at radius 2 is 1.15 bits per heavy atom. The SMILES string of the molecule is Cc1cc(C23CC4CC(C2)CC(c2ccc(Br)c(C)c2)(C4)C3)ccc1Br. The highest BCUT2D eigenvalue weighted by Crippen LogP contribution is 2.66. The van der Waals surface area contributed by atoms with Gasteiger partial charge in [-0.05, 0) is 109 Å². The maximum absolute atomic E-state index is 3.70. The van der Waals surface area contributed by atoms with E-state index in [0.29, 0.717) is 10.8 Å². The Labute approximate surface area is 174 Å². The molecule has 0 spiro atoms. The molecule has 2 aromatic carbocycles. The van der Waals surface area contributed by atoms with Crippen LogP contribution in [0.1, 0.15) is 60.8 Å². The summed E-state index contributed by atoms with van der Waals surface area (Å²) in [4.78, 5) is 0. The van der Waals surface area contributed by atoms with Crippen molar-refractivity contribution in [2.75, 3.05) is 0 Å². The number of benzene rings is 2. The van der Waals surface area contributed by atoms with Crippen LogP contribution in [-0.2, 0) is 10.8 Å². The van der Waals surface area contributed by atoms with E-state index in [1.165, 1.54) is 58.6 Å². The molecule has 0 N–H and O–H groups in total. The Morgan fingerprint density at radius 3 is 1.54 bits per heavy atom. The van der Waals surface area contributed by atoms with Crippen molar-refractivity contribution < 1.29 is 0 Å². The lowest BCUT2D eigenvalue weighted by Crippen LogP contribution is -2.56. The number of halogens is 2. The summed E-state index contributed by atoms with van der Waals surface area (Å²) in [6.45, 7) is 4.48. The minimum Gasteiger partial charge on any atom is -0.0573 e. The molecule has 0 nitrogen and oxygen atoms in total. The van der Waals surface area contributed by atoms with Gasteiger partial charge >= 0.3 is 0 Å². The molecule has 0 amide bonds. The summed E-state index contributed by atoms with van der Waals surface area (Å²) in [7, 11) is 0. The summed E-state index contributed by atoms with van der Waals surface area (Å²) in [5, 5.41) is 0. The molecule has 26 heavy (non-hydrogen) atoms. The van der Waals surface area contributed by atoms with Gasteiger partial charge in [-0.15, -0.1) is 0 Å². The third-order valence-electron chi connectivity index (χ3n) is 7.60. The highest BCUT2D eigenvalue weighted by molar-refractivity contribution is 9.10. The lowest BCUT2D eigenvalue weighted by Gasteiger charge is -2.63. The highest BCUT2D eigenvalue weighted by Gasteiger charge is 2.58. The minimum atomic E-state index is 0.399. The molecular weight excluding hydrogens is 448 g/mol. The van der Waals surface area contributed by atoms with E-state index in [1.54, 1.807) is 11.1 Å². The zero-order chi connectivity index (χ0) is 18.1. The van der Waals surface area contributed by atoms with Gasteiger partial charge in [0.15, 0.2) is 0 Å². The van der Waals surface area contributed by atoms with Gasteiger partial charge in [-0.2, -0.15) is 0 Å². The Hall–Kier alpha value is -0.600. The van der Waals surface area contributed by atoms with E-state index in [1.807, 2.05) is 0 Å². The van der Waals surface area contributed by atoms with E-state index in [9.17, 15) is 0 Å². The van der Waals surface area contributed by atoms with Gasteiger partial charge in [-0.1, -0.05) is 56.1 Å². The molecule has 0 atom stereocenters. The van der Waals surface area contributed by atoms with Crippen LogP contribution < -0.4 is 0 Å². The zero-order valence-corrected chi connectivity index (χ0v) is 18.8. The first-order chi connectivity index (χ1) is 12.4. The van der Waals surface area contributed by atoms with Crippen LogP contribution in [0.2, 0.25) is 0 Å². The largest absolute Gasteiger partial charge is 0.0573 e. The summed E-state index contributed by atoms with van der Waals surface area (Å²) in [6.07, 6.45) is 8.43. The average Bonchev–Trinajstić information content (AvgIpc) is 2.58. The number of aryl methyl sites for hydroxylation is 2. The zero-order valence-electron chi connectivity index (χ0n) is 15.6. The van der Waals surface area contributed by atoms with Crippen LogP contribution in [0.25, 0.3) is 0 Å². The molecule has 6 rings (SSSR count). The minimum absolute atomic E-state index is 0.399. The summed E-state index contributed by atoms with van der Waals surface area (Å²) in [5.74, 6) is 1.81. The normalized spacial score (nSPS) is 35.1. The van der Waals surface area contributed by atoms with Gasteiger partial charge in [0.25, 0.3) is 0 Å². The smallest absolute Gasteiger partial charge is 0.0204 e. The Bertz CT molecular complexity index is 798. The summed E-state index contributed by atoms with van der Waals surface area (Å²) < 4.78 is 2.48. The molecule has 0 heterocycles. The molecule has 2 heteroatoms. The standard InChI is InChI=1S/C24H26Br2/c1-15-7-19(3-5-21(15)25)23-10-17-9-18(11-23)13-24(12-17,14-23)20-4-6-22(26)16(2)8-20/h3-8,17-18H,9-14H2,1-2H3. The molecule has 0 radical (unpaired) electrons. The predicted octanol–water partition coefficient (Wildman–Crippen LogP) is 7.62. The molecule has 2 aromatic rings. The third kappa shape index (κ3) is 2.58. The van der Waals surface area contributed by atoms with Gasteiger partial charge < -0.3 is 0 Å². The maximum atomic E-state index is 3.70. The van der Waals surface area contributed by atoms with Crippen molar-refractivity contribution in [2.45, 2.75) is 63.2 Å². The van der Waals surface area contributed by atoms with Crippen molar-refractivity contribution in [3.8, 4) is 0 Å². The van der Waals surface area contributed by atoms with Crippen molar-refractivity contribution in [1.82, 2.24) is 0 Å². The third-order valence-corrected chi connectivity index (χ3v) is 9.38. The van der Waals surface area contributed by atoms with Gasteiger partial charge in [-0.25, -0.2) is 0 Å². The Morgan fingerprint density at radius 1 is 0.731 bits per heavy atom. The van der Waals surface area contributed by atoms with Gasteiger partial charge in [-0.3, -0.25) is 0 Å². The highest BCUT2D eigenvalue weighted by atomic mass is 79.9. The first-order valence-corrected chi connectivity index (χ1v) is 11.5. The second-order valence-corrected chi connectivity index (χ2v) is 11.2. The molecule has 4 aliphatic rings. The fourth-order valence-corrected chi connectivity index (χ4v) is 7.38. The fourth-order valence-electron chi connectivity index (χ4n) is 6.89. The second kappa shape index (κ2) is 5.95. The van der Waals surface area contributed by atoms with E-state index < -0.39 is 0 Å². The quantitative estimate of drug-likeness (QED) is 0.420. The molecular formula is C24H26Br2. The lowest BCUT2D eigenvalue weighted by atomic mass is 9.41. The molecule has 4 aliphatic carbocycles. The van der Waals surface area contributed by atoms with Crippen molar-refractivity contribution in [2.24, 2.45) is 11.8 Å². The van der Waals surface area contributed by atoms with E-state index in [4.69, 9.17) is 0 Å². The van der Waals surface area contributed by atoms with Crippen molar-refractivity contribution in [1.29, 1.82) is 0 Å². The van der Waals surface area contributed by atoms with Gasteiger partial charge in [0, 0.05) is 8.95 Å². The molecule has 4 bridgehead atoms. The summed E-state index contributed by atoms with van der Waals surface area (Å²) in [5.41, 5.74) is 6.77. The topological polar surface area (TPSA) is 0 Å². The van der Waals surface area contributed by atoms with Gasteiger partial charge in [0.1, 0.15) is 0 Å². The number of hydrogen-bond acceptors (Lipinski definition) is 0. The average molecular weight is 474 g/mol. The fraction of sp³-hybridized carbons (Fsp3) is 0.500. The van der Waals surface area contributed by atoms with E-state index in [0.717, 1.165) is 11.8 Å².